The van der Waals surface area contributed by atoms with Gasteiger partial charge >= 0.3 is 0 Å². The number of benzene rings is 1. The zero-order valence-corrected chi connectivity index (χ0v) is 15.6. The molecule has 3 nitrogen and oxygen atoms in total. The molecule has 3 atom stereocenters. The van der Waals surface area contributed by atoms with Gasteiger partial charge in [-0.1, -0.05) is 19.1 Å². The van der Waals surface area contributed by atoms with Crippen LogP contribution in [0.25, 0.3) is 5.57 Å². The summed E-state index contributed by atoms with van der Waals surface area (Å²) in [4.78, 5) is 0. The molecule has 0 N–H and O–H groups in total. The van der Waals surface area contributed by atoms with Gasteiger partial charge in [0.25, 0.3) is 0 Å². The number of hydrogen-bond acceptors (Lipinski definition) is 3. The van der Waals surface area contributed by atoms with Gasteiger partial charge in [-0.2, -0.15) is 0 Å². The van der Waals surface area contributed by atoms with Crippen molar-refractivity contribution in [3.8, 4) is 5.75 Å². The third-order valence-electron chi connectivity index (χ3n) is 6.52. The molecular weight excluding hydrogens is 312 g/mol. The molecule has 0 radical (unpaired) electrons. The van der Waals surface area contributed by atoms with Gasteiger partial charge in [0.2, 0.25) is 0 Å². The van der Waals surface area contributed by atoms with Crippen molar-refractivity contribution in [3.63, 3.8) is 0 Å². The van der Waals surface area contributed by atoms with Crippen LogP contribution in [0.3, 0.4) is 0 Å². The SMILES string of the molecule is COc1ccc2c(c1)CC[C@@H]1C2=CC[C@]2(C)COCCOCCC[C@@H]12. The van der Waals surface area contributed by atoms with Gasteiger partial charge in [-0.15, -0.1) is 0 Å². The summed E-state index contributed by atoms with van der Waals surface area (Å²) in [5.41, 5.74) is 4.73. The summed E-state index contributed by atoms with van der Waals surface area (Å²) in [5, 5.41) is 0. The molecular formula is C22H30O3. The average Bonchev–Trinajstić information content (AvgIpc) is 2.64. The Labute approximate surface area is 151 Å². The lowest BCUT2D eigenvalue weighted by atomic mass is 9.58. The van der Waals surface area contributed by atoms with Crippen LogP contribution in [0.2, 0.25) is 0 Å². The van der Waals surface area contributed by atoms with E-state index in [0.29, 0.717) is 11.8 Å². The first-order valence-electron chi connectivity index (χ1n) is 9.74. The summed E-state index contributed by atoms with van der Waals surface area (Å²) in [5.74, 6) is 2.31. The van der Waals surface area contributed by atoms with Crippen molar-refractivity contribution in [3.05, 3.63) is 35.4 Å². The molecule has 0 spiro atoms. The molecule has 0 unspecified atom stereocenters. The topological polar surface area (TPSA) is 27.7 Å². The first-order chi connectivity index (χ1) is 12.2. The van der Waals surface area contributed by atoms with E-state index in [2.05, 4.69) is 31.2 Å². The third kappa shape index (κ3) is 3.24. The molecule has 0 amide bonds. The Hall–Kier alpha value is -1.32. The van der Waals surface area contributed by atoms with Crippen LogP contribution in [0.4, 0.5) is 0 Å². The van der Waals surface area contributed by atoms with Gasteiger partial charge in [0, 0.05) is 6.61 Å². The quantitative estimate of drug-likeness (QED) is 0.752. The van der Waals surface area contributed by atoms with Crippen LogP contribution in [0.15, 0.2) is 24.3 Å². The van der Waals surface area contributed by atoms with Gasteiger partial charge < -0.3 is 14.2 Å². The molecule has 136 valence electrons. The number of methoxy groups -OCH3 is 1. The maximum atomic E-state index is 5.99. The second-order valence-electron chi connectivity index (χ2n) is 8.10. The molecule has 0 aromatic heterocycles. The number of aryl methyl sites for hydroxylation is 1. The first-order valence-corrected chi connectivity index (χ1v) is 9.74. The van der Waals surface area contributed by atoms with Gasteiger partial charge in [0.1, 0.15) is 5.75 Å². The Morgan fingerprint density at radius 1 is 1.12 bits per heavy atom. The van der Waals surface area contributed by atoms with Crippen LogP contribution in [0, 0.1) is 17.3 Å². The van der Waals surface area contributed by atoms with Crippen LogP contribution in [0.1, 0.15) is 43.7 Å². The van der Waals surface area contributed by atoms with Crippen molar-refractivity contribution in [1.29, 1.82) is 0 Å². The summed E-state index contributed by atoms with van der Waals surface area (Å²) >= 11 is 0. The number of hydrogen-bond donors (Lipinski definition) is 0. The van der Waals surface area contributed by atoms with E-state index in [-0.39, 0.29) is 5.41 Å². The Balaban J connectivity index is 1.66. The average molecular weight is 342 g/mol. The molecule has 1 fully saturated rings. The monoisotopic (exact) mass is 342 g/mol. The van der Waals surface area contributed by atoms with Crippen molar-refractivity contribution in [2.45, 2.75) is 39.0 Å². The van der Waals surface area contributed by atoms with Crippen LogP contribution in [-0.2, 0) is 15.9 Å². The van der Waals surface area contributed by atoms with Gasteiger partial charge in [-0.05, 0) is 78.2 Å². The lowest BCUT2D eigenvalue weighted by molar-refractivity contribution is -0.0387. The predicted octanol–water partition coefficient (Wildman–Crippen LogP) is 4.49. The molecule has 4 rings (SSSR count). The molecule has 3 aliphatic rings. The zero-order chi connectivity index (χ0) is 17.3. The van der Waals surface area contributed by atoms with Gasteiger partial charge in [-0.25, -0.2) is 0 Å². The third-order valence-corrected chi connectivity index (χ3v) is 6.52. The lowest BCUT2D eigenvalue weighted by Gasteiger charge is -2.48. The molecule has 25 heavy (non-hydrogen) atoms. The number of ether oxygens (including phenoxy) is 3. The fourth-order valence-corrected chi connectivity index (χ4v) is 5.16. The Morgan fingerprint density at radius 2 is 2.00 bits per heavy atom. The zero-order valence-electron chi connectivity index (χ0n) is 15.6. The molecule has 1 aromatic rings. The van der Waals surface area contributed by atoms with E-state index in [0.717, 1.165) is 45.0 Å². The second kappa shape index (κ2) is 7.13. The van der Waals surface area contributed by atoms with E-state index in [1.54, 1.807) is 12.7 Å². The molecule has 0 saturated carbocycles. The molecule has 1 aliphatic heterocycles. The number of rotatable bonds is 1. The highest BCUT2D eigenvalue weighted by molar-refractivity contribution is 5.73. The van der Waals surface area contributed by atoms with Crippen molar-refractivity contribution in [1.82, 2.24) is 0 Å². The molecule has 3 heteroatoms. The van der Waals surface area contributed by atoms with E-state index in [9.17, 15) is 0 Å². The minimum Gasteiger partial charge on any atom is -0.497 e. The van der Waals surface area contributed by atoms with Crippen molar-refractivity contribution < 1.29 is 14.2 Å². The summed E-state index contributed by atoms with van der Waals surface area (Å²) < 4.78 is 17.1. The number of fused-ring (bicyclic) bond motifs is 5. The van der Waals surface area contributed by atoms with E-state index in [4.69, 9.17) is 14.2 Å². The van der Waals surface area contributed by atoms with Gasteiger partial charge in [0.15, 0.2) is 0 Å². The van der Waals surface area contributed by atoms with Crippen molar-refractivity contribution in [2.75, 3.05) is 33.5 Å². The standard InChI is InChI=1S/C22H30O3/c1-22-10-9-19-18-8-6-17(23-2)14-16(18)5-7-20(19)21(22)4-3-11-24-12-13-25-15-22/h6,8-9,14,20-21H,3-5,7,10-13,15H2,1-2H3/t20-,21+,22-/m1/s1. The molecule has 1 aromatic carbocycles. The second-order valence-corrected chi connectivity index (χ2v) is 8.10. The highest BCUT2D eigenvalue weighted by Gasteiger charge is 2.44. The van der Waals surface area contributed by atoms with E-state index >= 15 is 0 Å². The maximum Gasteiger partial charge on any atom is 0.119 e. The molecule has 2 aliphatic carbocycles. The largest absolute Gasteiger partial charge is 0.497 e. The lowest BCUT2D eigenvalue weighted by Crippen LogP contribution is -2.42. The Morgan fingerprint density at radius 3 is 2.88 bits per heavy atom. The fraction of sp³-hybridized carbons (Fsp3) is 0.636. The minimum absolute atomic E-state index is 0.259. The smallest absolute Gasteiger partial charge is 0.119 e. The van der Waals surface area contributed by atoms with E-state index in [1.165, 1.54) is 30.4 Å². The summed E-state index contributed by atoms with van der Waals surface area (Å²) in [7, 11) is 1.75. The fourth-order valence-electron chi connectivity index (χ4n) is 5.16. The molecule has 1 heterocycles. The normalized spacial score (nSPS) is 32.6. The van der Waals surface area contributed by atoms with Crippen LogP contribution in [-0.4, -0.2) is 33.5 Å². The van der Waals surface area contributed by atoms with Gasteiger partial charge in [-0.3, -0.25) is 0 Å². The summed E-state index contributed by atoms with van der Waals surface area (Å²) in [6.07, 6.45) is 8.44. The summed E-state index contributed by atoms with van der Waals surface area (Å²) in [6.45, 7) is 5.63. The predicted molar refractivity (Wildman–Crippen MR) is 99.9 cm³/mol. The van der Waals surface area contributed by atoms with Crippen molar-refractivity contribution >= 4 is 5.57 Å². The number of allylic oxidation sites excluding steroid dienone is 2. The highest BCUT2D eigenvalue weighted by atomic mass is 16.5. The molecule has 1 saturated heterocycles. The molecule has 0 bridgehead atoms. The van der Waals surface area contributed by atoms with Crippen LogP contribution < -0.4 is 4.74 Å². The van der Waals surface area contributed by atoms with E-state index < -0.39 is 0 Å². The van der Waals surface area contributed by atoms with Crippen molar-refractivity contribution in [2.24, 2.45) is 17.3 Å². The van der Waals surface area contributed by atoms with Gasteiger partial charge in [0.05, 0.1) is 26.9 Å². The minimum atomic E-state index is 0.259. The van der Waals surface area contributed by atoms with Crippen LogP contribution >= 0.6 is 0 Å². The van der Waals surface area contributed by atoms with Crippen LogP contribution in [0.5, 0.6) is 5.75 Å². The summed E-state index contributed by atoms with van der Waals surface area (Å²) in [6, 6.07) is 6.61. The van der Waals surface area contributed by atoms with E-state index in [1.807, 2.05) is 0 Å². The highest BCUT2D eigenvalue weighted by Crippen LogP contribution is 2.53. The first kappa shape index (κ1) is 17.1. The Bertz CT molecular complexity index is 651. The maximum absolute atomic E-state index is 5.99. The Kier molecular flexibility index (Phi) is 4.88.